The van der Waals surface area contributed by atoms with Crippen molar-refractivity contribution in [1.82, 2.24) is 9.78 Å². The molecule has 2 heterocycles. The highest BCUT2D eigenvalue weighted by atomic mass is 32.2. The van der Waals surface area contributed by atoms with Crippen LogP contribution in [-0.4, -0.2) is 27.2 Å². The smallest absolute Gasteiger partial charge is 0.224 e. The van der Waals surface area contributed by atoms with Crippen LogP contribution >= 0.6 is 35.3 Å². The van der Waals surface area contributed by atoms with Crippen molar-refractivity contribution in [3.05, 3.63) is 63.6 Å². The van der Waals surface area contributed by atoms with Gasteiger partial charge < -0.3 is 5.32 Å². The number of para-hydroxylation sites is 1. The monoisotopic (exact) mass is 413 g/mol. The average Bonchev–Trinajstić information content (AvgIpc) is 3.07. The van der Waals surface area contributed by atoms with E-state index in [-0.39, 0.29) is 11.7 Å². The fourth-order valence-corrected chi connectivity index (χ4v) is 5.07. The Labute approximate surface area is 169 Å². The van der Waals surface area contributed by atoms with Crippen LogP contribution in [0.3, 0.4) is 0 Å². The van der Waals surface area contributed by atoms with E-state index in [1.807, 2.05) is 36.4 Å². The Balaban J connectivity index is 1.46. The van der Waals surface area contributed by atoms with E-state index in [1.165, 1.54) is 23.1 Å². The predicted molar refractivity (Wildman–Crippen MR) is 111 cm³/mol. The number of aryl methyl sites for hydroxylation is 1. The molecule has 1 amide bonds. The molecule has 0 radical (unpaired) electrons. The minimum Gasteiger partial charge on any atom is -0.326 e. The van der Waals surface area contributed by atoms with Crippen LogP contribution in [0, 0.1) is 3.95 Å². The first-order chi connectivity index (χ1) is 13.1. The summed E-state index contributed by atoms with van der Waals surface area (Å²) in [6.07, 6.45) is 1.12. The molecule has 0 atom stereocenters. The number of aromatic nitrogens is 2. The summed E-state index contributed by atoms with van der Waals surface area (Å²) in [5.41, 5.74) is 3.38. The summed E-state index contributed by atoms with van der Waals surface area (Å²) < 4.78 is 3.14. The average molecular weight is 414 g/mol. The molecule has 3 aromatic rings. The molecule has 0 unspecified atom stereocenters. The summed E-state index contributed by atoms with van der Waals surface area (Å²) in [6.45, 7) is 0. The first-order valence-corrected chi connectivity index (χ1v) is 10.6. The third-order valence-electron chi connectivity index (χ3n) is 4.18. The van der Waals surface area contributed by atoms with Crippen molar-refractivity contribution in [2.75, 3.05) is 11.1 Å². The molecule has 4 rings (SSSR count). The van der Waals surface area contributed by atoms with E-state index in [4.69, 9.17) is 12.2 Å². The quantitative estimate of drug-likeness (QED) is 0.378. The SMILES string of the molecule is O=C1CCc2cc(C(=O)CSc3nn(-c4ccccc4)c(=S)s3)ccc2N1. The van der Waals surface area contributed by atoms with Crippen molar-refractivity contribution in [3.8, 4) is 5.69 Å². The Morgan fingerprint density at radius 2 is 2.04 bits per heavy atom. The van der Waals surface area contributed by atoms with Gasteiger partial charge in [0.15, 0.2) is 14.1 Å². The van der Waals surface area contributed by atoms with E-state index in [9.17, 15) is 9.59 Å². The van der Waals surface area contributed by atoms with E-state index in [1.54, 1.807) is 16.8 Å². The van der Waals surface area contributed by atoms with Crippen molar-refractivity contribution < 1.29 is 9.59 Å². The Hall–Kier alpha value is -2.29. The topological polar surface area (TPSA) is 64.0 Å². The molecule has 136 valence electrons. The van der Waals surface area contributed by atoms with Crippen molar-refractivity contribution in [2.45, 2.75) is 17.2 Å². The lowest BCUT2D eigenvalue weighted by atomic mass is 9.99. The van der Waals surface area contributed by atoms with Gasteiger partial charge in [0.2, 0.25) is 5.91 Å². The van der Waals surface area contributed by atoms with Crippen LogP contribution in [0.1, 0.15) is 22.3 Å². The van der Waals surface area contributed by atoms with Crippen LogP contribution in [0.5, 0.6) is 0 Å². The maximum atomic E-state index is 12.6. The van der Waals surface area contributed by atoms with Gasteiger partial charge in [0.05, 0.1) is 11.4 Å². The van der Waals surface area contributed by atoms with Crippen molar-refractivity contribution in [1.29, 1.82) is 0 Å². The second kappa shape index (κ2) is 7.75. The minimum absolute atomic E-state index is 0.0207. The summed E-state index contributed by atoms with van der Waals surface area (Å²) in [5.74, 6) is 0.349. The first kappa shape index (κ1) is 18.1. The number of rotatable bonds is 5. The molecule has 0 bridgehead atoms. The molecule has 1 aliphatic rings. The normalized spacial score (nSPS) is 13.1. The number of hydrogen-bond acceptors (Lipinski definition) is 6. The molecule has 1 aliphatic heterocycles. The van der Waals surface area contributed by atoms with Gasteiger partial charge in [0, 0.05) is 17.7 Å². The van der Waals surface area contributed by atoms with Crippen LogP contribution in [-0.2, 0) is 11.2 Å². The first-order valence-electron chi connectivity index (χ1n) is 8.34. The zero-order valence-electron chi connectivity index (χ0n) is 14.2. The molecule has 8 heteroatoms. The number of nitrogens with zero attached hydrogens (tertiary/aromatic N) is 2. The number of thioether (sulfide) groups is 1. The Morgan fingerprint density at radius 1 is 1.22 bits per heavy atom. The fraction of sp³-hybridized carbons (Fsp3) is 0.158. The fourth-order valence-electron chi connectivity index (χ4n) is 2.82. The number of hydrogen-bond donors (Lipinski definition) is 1. The number of Topliss-reactive ketones (excluding diaryl/α,β-unsaturated/α-hetero) is 1. The van der Waals surface area contributed by atoms with Crippen LogP contribution < -0.4 is 5.32 Å². The molecule has 5 nitrogen and oxygen atoms in total. The molecule has 0 saturated carbocycles. The molecule has 27 heavy (non-hydrogen) atoms. The number of carbonyl (C=O) groups is 2. The number of ketones is 1. The van der Waals surface area contributed by atoms with Gasteiger partial charge >= 0.3 is 0 Å². The number of benzene rings is 2. The summed E-state index contributed by atoms with van der Waals surface area (Å²) in [6, 6.07) is 15.1. The van der Waals surface area contributed by atoms with Gasteiger partial charge in [-0.2, -0.15) is 0 Å². The lowest BCUT2D eigenvalue weighted by Gasteiger charge is -2.17. The highest BCUT2D eigenvalue weighted by Gasteiger charge is 2.17. The summed E-state index contributed by atoms with van der Waals surface area (Å²) in [7, 11) is 0. The Kier molecular flexibility index (Phi) is 5.20. The second-order valence-electron chi connectivity index (χ2n) is 6.01. The molecular weight excluding hydrogens is 398 g/mol. The van der Waals surface area contributed by atoms with Crippen molar-refractivity contribution in [3.63, 3.8) is 0 Å². The van der Waals surface area contributed by atoms with Crippen LogP contribution in [0.15, 0.2) is 52.9 Å². The molecule has 1 N–H and O–H groups in total. The van der Waals surface area contributed by atoms with Crippen LogP contribution in [0.4, 0.5) is 5.69 Å². The number of carbonyl (C=O) groups excluding carboxylic acids is 2. The lowest BCUT2D eigenvalue weighted by molar-refractivity contribution is -0.116. The Morgan fingerprint density at radius 3 is 2.85 bits per heavy atom. The lowest BCUT2D eigenvalue weighted by Crippen LogP contribution is -2.19. The second-order valence-corrected chi connectivity index (χ2v) is 8.86. The zero-order chi connectivity index (χ0) is 18.8. The summed E-state index contributed by atoms with van der Waals surface area (Å²) >= 11 is 8.18. The summed E-state index contributed by atoms with van der Waals surface area (Å²) in [4.78, 5) is 24.0. The largest absolute Gasteiger partial charge is 0.326 e. The Bertz CT molecular complexity index is 1070. The molecule has 0 fully saturated rings. The molecule has 0 spiro atoms. The third-order valence-corrected chi connectivity index (χ3v) is 6.54. The van der Waals surface area contributed by atoms with Gasteiger partial charge in [-0.25, -0.2) is 4.68 Å². The van der Waals surface area contributed by atoms with Gasteiger partial charge in [0.1, 0.15) is 0 Å². The van der Waals surface area contributed by atoms with Crippen molar-refractivity contribution >= 4 is 52.7 Å². The highest BCUT2D eigenvalue weighted by molar-refractivity contribution is 8.01. The molecule has 0 aliphatic carbocycles. The number of fused-ring (bicyclic) bond motifs is 1. The third kappa shape index (κ3) is 4.02. The standard InChI is InChI=1S/C19H15N3O2S3/c23-16(13-6-8-15-12(10-13)7-9-17(24)20-15)11-26-18-21-22(19(25)27-18)14-4-2-1-3-5-14/h1-6,8,10H,7,9,11H2,(H,20,24). The minimum atomic E-state index is 0.0207. The van der Waals surface area contributed by atoms with Gasteiger partial charge in [-0.1, -0.05) is 41.3 Å². The van der Waals surface area contributed by atoms with E-state index >= 15 is 0 Å². The van der Waals surface area contributed by atoms with Gasteiger partial charge in [0.25, 0.3) is 0 Å². The van der Waals surface area contributed by atoms with Gasteiger partial charge in [-0.3, -0.25) is 9.59 Å². The highest BCUT2D eigenvalue weighted by Crippen LogP contribution is 2.27. The van der Waals surface area contributed by atoms with E-state index < -0.39 is 0 Å². The van der Waals surface area contributed by atoms with Crippen LogP contribution in [0.2, 0.25) is 0 Å². The molecule has 1 aromatic heterocycles. The van der Waals surface area contributed by atoms with E-state index in [0.717, 1.165) is 21.3 Å². The summed E-state index contributed by atoms with van der Waals surface area (Å²) in [5, 5.41) is 7.35. The number of anilines is 1. The van der Waals surface area contributed by atoms with E-state index in [0.29, 0.717) is 28.1 Å². The molecule has 0 saturated heterocycles. The van der Waals surface area contributed by atoms with Crippen LogP contribution in [0.25, 0.3) is 5.69 Å². The van der Waals surface area contributed by atoms with Crippen molar-refractivity contribution in [2.24, 2.45) is 0 Å². The number of nitrogens with one attached hydrogen (secondary N) is 1. The van der Waals surface area contributed by atoms with Gasteiger partial charge in [-0.15, -0.1) is 5.10 Å². The maximum Gasteiger partial charge on any atom is 0.224 e. The van der Waals surface area contributed by atoms with E-state index in [2.05, 4.69) is 10.4 Å². The molecular formula is C19H15N3O2S3. The maximum absolute atomic E-state index is 12.6. The molecule has 2 aromatic carbocycles. The number of amides is 1. The predicted octanol–water partition coefficient (Wildman–Crippen LogP) is 4.52. The van der Waals surface area contributed by atoms with Gasteiger partial charge in [-0.05, 0) is 54.5 Å². The zero-order valence-corrected chi connectivity index (χ0v) is 16.6.